The van der Waals surface area contributed by atoms with E-state index in [4.69, 9.17) is 18.6 Å². The molecule has 166 valence electrons. The number of hydrogen-bond acceptors (Lipinski definition) is 7. The van der Waals surface area contributed by atoms with Gasteiger partial charge in [0.1, 0.15) is 0 Å². The summed E-state index contributed by atoms with van der Waals surface area (Å²) in [4.78, 5) is 27.5. The molecule has 1 aromatic carbocycles. The normalized spacial score (nSPS) is 16.4. The zero-order chi connectivity index (χ0) is 22.5. The van der Waals surface area contributed by atoms with E-state index >= 15 is 0 Å². The van der Waals surface area contributed by atoms with Crippen molar-refractivity contribution in [2.24, 2.45) is 0 Å². The van der Waals surface area contributed by atoms with Gasteiger partial charge in [0.25, 0.3) is 5.91 Å². The summed E-state index contributed by atoms with van der Waals surface area (Å²) in [6.45, 7) is 4.54. The van der Waals surface area contributed by atoms with E-state index in [2.05, 4.69) is 0 Å². The van der Waals surface area contributed by atoms with Crippen LogP contribution in [0.4, 0.5) is 0 Å². The Morgan fingerprint density at radius 2 is 2.00 bits per heavy atom. The van der Waals surface area contributed by atoms with Gasteiger partial charge < -0.3 is 28.6 Å². The maximum Gasteiger partial charge on any atom is 0.290 e. The number of benzene rings is 1. The fourth-order valence-corrected chi connectivity index (χ4v) is 3.59. The Morgan fingerprint density at radius 1 is 1.23 bits per heavy atom. The van der Waals surface area contributed by atoms with E-state index in [-0.39, 0.29) is 17.4 Å². The van der Waals surface area contributed by atoms with Gasteiger partial charge in [-0.25, -0.2) is 0 Å². The molecule has 3 rings (SSSR count). The van der Waals surface area contributed by atoms with Crippen molar-refractivity contribution in [2.45, 2.75) is 32.4 Å². The quantitative estimate of drug-likeness (QED) is 0.454. The summed E-state index contributed by atoms with van der Waals surface area (Å²) in [6.07, 6.45) is 1.85. The fourth-order valence-electron chi connectivity index (χ4n) is 3.59. The molecule has 1 aliphatic rings. The summed E-state index contributed by atoms with van der Waals surface area (Å²) in [5.41, 5.74) is 0.578. The topological polar surface area (TPSA) is 98.4 Å². The lowest BCUT2D eigenvalue weighted by Crippen LogP contribution is -2.32. The van der Waals surface area contributed by atoms with Crippen LogP contribution in [0.3, 0.4) is 0 Å². The Labute approximate surface area is 181 Å². The number of carbonyl (C=O) groups excluding carboxylic acids is 2. The summed E-state index contributed by atoms with van der Waals surface area (Å²) in [5.74, 6) is -0.681. The number of aliphatic hydroxyl groups is 1. The van der Waals surface area contributed by atoms with Gasteiger partial charge in [-0.3, -0.25) is 9.59 Å². The maximum atomic E-state index is 13.1. The first kappa shape index (κ1) is 22.4. The molecular formula is C23H27NO7. The number of ether oxygens (including phenoxy) is 3. The molecule has 8 heteroatoms. The number of hydrogen-bond donors (Lipinski definition) is 1. The number of furan rings is 1. The number of rotatable bonds is 10. The molecular weight excluding hydrogens is 402 g/mol. The lowest BCUT2D eigenvalue weighted by atomic mass is 9.94. The van der Waals surface area contributed by atoms with Crippen molar-refractivity contribution in [1.29, 1.82) is 0 Å². The number of aliphatic hydroxyl groups excluding tert-OH is 1. The van der Waals surface area contributed by atoms with Gasteiger partial charge in [-0.15, -0.1) is 0 Å². The molecule has 1 aromatic heterocycles. The Bertz CT molecular complexity index is 962. The van der Waals surface area contributed by atoms with E-state index < -0.39 is 23.5 Å². The minimum atomic E-state index is -0.802. The molecule has 0 saturated heterocycles. The molecule has 0 fully saturated rings. The van der Waals surface area contributed by atoms with Crippen molar-refractivity contribution in [3.05, 3.63) is 59.3 Å². The van der Waals surface area contributed by atoms with E-state index in [9.17, 15) is 14.7 Å². The summed E-state index contributed by atoms with van der Waals surface area (Å²) < 4.78 is 21.6. The van der Waals surface area contributed by atoms with E-state index in [1.807, 2.05) is 13.8 Å². The summed E-state index contributed by atoms with van der Waals surface area (Å²) in [6, 6.07) is 7.48. The monoisotopic (exact) mass is 429 g/mol. The zero-order valence-electron chi connectivity index (χ0n) is 18.1. The van der Waals surface area contributed by atoms with Crippen LogP contribution in [-0.4, -0.2) is 55.2 Å². The Morgan fingerprint density at radius 3 is 2.61 bits per heavy atom. The molecule has 1 amide bonds. The average molecular weight is 429 g/mol. The highest BCUT2D eigenvalue weighted by Crippen LogP contribution is 2.41. The van der Waals surface area contributed by atoms with E-state index in [1.165, 1.54) is 24.3 Å². The van der Waals surface area contributed by atoms with E-state index in [0.29, 0.717) is 36.6 Å². The standard InChI is InChI=1S/C23H27NO7/c1-14(2)31-16-9-8-15(13-18(16)29-4)20-19(21(25)17-7-5-12-30-17)22(26)23(27)24(20)10-6-11-28-3/h5,7-9,12-14,20,26H,6,10-11H2,1-4H3. The zero-order valence-corrected chi connectivity index (χ0v) is 18.1. The van der Waals surface area contributed by atoms with E-state index in [1.54, 1.807) is 31.4 Å². The van der Waals surface area contributed by atoms with Crippen molar-refractivity contribution in [1.82, 2.24) is 4.90 Å². The molecule has 0 aliphatic carbocycles. The first-order valence-corrected chi connectivity index (χ1v) is 10.0. The van der Waals surface area contributed by atoms with Crippen LogP contribution in [0.25, 0.3) is 0 Å². The predicted octanol–water partition coefficient (Wildman–Crippen LogP) is 3.69. The van der Waals surface area contributed by atoms with Gasteiger partial charge in [0.05, 0.1) is 31.1 Å². The largest absolute Gasteiger partial charge is 0.503 e. The van der Waals surface area contributed by atoms with Crippen molar-refractivity contribution >= 4 is 11.7 Å². The van der Waals surface area contributed by atoms with Crippen LogP contribution in [0.15, 0.2) is 52.3 Å². The van der Waals surface area contributed by atoms with Crippen molar-refractivity contribution in [3.8, 4) is 11.5 Å². The van der Waals surface area contributed by atoms with Gasteiger partial charge >= 0.3 is 0 Å². The van der Waals surface area contributed by atoms with Crippen LogP contribution in [0.2, 0.25) is 0 Å². The number of amides is 1. The number of ketones is 1. The second-order valence-electron chi connectivity index (χ2n) is 7.39. The van der Waals surface area contributed by atoms with Crippen molar-refractivity contribution in [2.75, 3.05) is 27.4 Å². The molecule has 8 nitrogen and oxygen atoms in total. The second kappa shape index (κ2) is 9.70. The highest BCUT2D eigenvalue weighted by molar-refractivity contribution is 6.15. The Kier molecular flexibility index (Phi) is 7.02. The van der Waals surface area contributed by atoms with E-state index in [0.717, 1.165) is 0 Å². The van der Waals surface area contributed by atoms with Crippen LogP contribution in [0.5, 0.6) is 11.5 Å². The van der Waals surface area contributed by atoms with Gasteiger partial charge in [0, 0.05) is 20.3 Å². The van der Waals surface area contributed by atoms with Gasteiger partial charge in [0.2, 0.25) is 5.78 Å². The molecule has 1 N–H and O–H groups in total. The van der Waals surface area contributed by atoms with Gasteiger partial charge in [-0.1, -0.05) is 6.07 Å². The van der Waals surface area contributed by atoms with Crippen LogP contribution >= 0.6 is 0 Å². The third kappa shape index (κ3) is 4.59. The number of methoxy groups -OCH3 is 2. The summed E-state index contributed by atoms with van der Waals surface area (Å²) in [5, 5.41) is 10.6. The van der Waals surface area contributed by atoms with Gasteiger partial charge in [0.15, 0.2) is 23.0 Å². The highest BCUT2D eigenvalue weighted by Gasteiger charge is 2.44. The minimum Gasteiger partial charge on any atom is -0.503 e. The molecule has 2 heterocycles. The Hall–Kier alpha value is -3.26. The van der Waals surface area contributed by atoms with Crippen LogP contribution in [0, 0.1) is 0 Å². The van der Waals surface area contributed by atoms with Crippen molar-refractivity contribution in [3.63, 3.8) is 0 Å². The summed E-state index contributed by atoms with van der Waals surface area (Å²) >= 11 is 0. The fraction of sp³-hybridized carbons (Fsp3) is 0.391. The number of carbonyl (C=O) groups is 2. The average Bonchev–Trinajstić information content (AvgIpc) is 3.36. The molecule has 2 aromatic rings. The number of Topliss-reactive ketones (excluding diaryl/α,β-unsaturated/α-hetero) is 1. The summed E-state index contributed by atoms with van der Waals surface area (Å²) in [7, 11) is 3.09. The first-order valence-electron chi connectivity index (χ1n) is 10.0. The molecule has 1 atom stereocenters. The molecule has 0 saturated carbocycles. The molecule has 1 unspecified atom stereocenters. The Balaban J connectivity index is 2.06. The lowest BCUT2D eigenvalue weighted by molar-refractivity contribution is -0.129. The molecule has 1 aliphatic heterocycles. The van der Waals surface area contributed by atoms with Crippen LogP contribution in [0.1, 0.15) is 42.4 Å². The van der Waals surface area contributed by atoms with Crippen LogP contribution < -0.4 is 9.47 Å². The number of nitrogens with zero attached hydrogens (tertiary/aromatic N) is 1. The van der Waals surface area contributed by atoms with Crippen molar-refractivity contribution < 1.29 is 33.3 Å². The minimum absolute atomic E-state index is 0.0306. The second-order valence-corrected chi connectivity index (χ2v) is 7.39. The maximum absolute atomic E-state index is 13.1. The molecule has 31 heavy (non-hydrogen) atoms. The molecule has 0 bridgehead atoms. The highest BCUT2D eigenvalue weighted by atomic mass is 16.5. The lowest BCUT2D eigenvalue weighted by Gasteiger charge is -2.27. The van der Waals surface area contributed by atoms with Gasteiger partial charge in [-0.2, -0.15) is 0 Å². The van der Waals surface area contributed by atoms with Gasteiger partial charge in [-0.05, 0) is 50.1 Å². The third-order valence-electron chi connectivity index (χ3n) is 4.91. The predicted molar refractivity (Wildman–Crippen MR) is 112 cm³/mol. The SMILES string of the molecule is COCCCN1C(=O)C(O)=C(C(=O)c2ccco2)C1c1ccc(OC(C)C)c(OC)c1. The first-order chi connectivity index (χ1) is 14.9. The molecule has 0 spiro atoms. The smallest absolute Gasteiger partial charge is 0.290 e. The van der Waals surface area contributed by atoms with Crippen LogP contribution in [-0.2, 0) is 9.53 Å². The third-order valence-corrected chi connectivity index (χ3v) is 4.91. The molecule has 0 radical (unpaired) electrons.